The third-order valence-corrected chi connectivity index (χ3v) is 3.64. The van der Waals surface area contributed by atoms with Gasteiger partial charge in [-0.05, 0) is 26.2 Å². The molecule has 1 saturated heterocycles. The van der Waals surface area contributed by atoms with Crippen LogP contribution in [-0.4, -0.2) is 29.3 Å². The molecule has 0 aromatic carbocycles. The molecule has 0 bridgehead atoms. The maximum atomic E-state index is 12.2. The highest BCUT2D eigenvalue weighted by Gasteiger charge is 2.49. The Morgan fingerprint density at radius 1 is 1.38 bits per heavy atom. The number of likely N-dealkylation sites (tertiary alicyclic amines) is 1. The highest BCUT2D eigenvalue weighted by molar-refractivity contribution is 6.05. The second-order valence-electron chi connectivity index (χ2n) is 5.37. The van der Waals surface area contributed by atoms with E-state index in [4.69, 9.17) is 5.73 Å². The zero-order chi connectivity index (χ0) is 12.5. The van der Waals surface area contributed by atoms with E-state index in [0.29, 0.717) is 19.4 Å². The van der Waals surface area contributed by atoms with Crippen LogP contribution in [0.25, 0.3) is 0 Å². The summed E-state index contributed by atoms with van der Waals surface area (Å²) >= 11 is 0. The Kier molecular flexibility index (Phi) is 3.73. The van der Waals surface area contributed by atoms with Crippen molar-refractivity contribution >= 4 is 11.8 Å². The summed E-state index contributed by atoms with van der Waals surface area (Å²) in [5.41, 5.74) is 5.12. The first-order valence-corrected chi connectivity index (χ1v) is 5.89. The van der Waals surface area contributed by atoms with Crippen LogP contribution in [-0.2, 0) is 9.59 Å². The van der Waals surface area contributed by atoms with Gasteiger partial charge < -0.3 is 5.73 Å². The summed E-state index contributed by atoms with van der Waals surface area (Å²) in [5.74, 6) is 0.0965. The fourth-order valence-corrected chi connectivity index (χ4v) is 1.92. The molecular weight excluding hydrogens is 204 g/mol. The number of nitrogens with zero attached hydrogens (tertiary/aromatic N) is 1. The maximum absolute atomic E-state index is 12.2. The van der Waals surface area contributed by atoms with Crippen molar-refractivity contribution in [3.8, 4) is 0 Å². The second-order valence-corrected chi connectivity index (χ2v) is 5.37. The van der Waals surface area contributed by atoms with Gasteiger partial charge in [0.15, 0.2) is 0 Å². The minimum absolute atomic E-state index is 0.0199. The standard InChI is InChI=1S/C12H22N2O2/c1-8(2)12(4)7-10(15)14(11(12)16)6-5-9(3)13/h8-9H,5-7,13H2,1-4H3. The highest BCUT2D eigenvalue weighted by atomic mass is 16.2. The van der Waals surface area contributed by atoms with Crippen LogP contribution in [0.1, 0.15) is 40.5 Å². The van der Waals surface area contributed by atoms with Crippen LogP contribution in [0.15, 0.2) is 0 Å². The van der Waals surface area contributed by atoms with Crippen LogP contribution in [0.3, 0.4) is 0 Å². The SMILES string of the molecule is CC(N)CCN1C(=O)CC(C)(C(C)C)C1=O. The van der Waals surface area contributed by atoms with Gasteiger partial charge in [-0.1, -0.05) is 13.8 Å². The van der Waals surface area contributed by atoms with Gasteiger partial charge in [-0.15, -0.1) is 0 Å². The molecule has 0 saturated carbocycles. The van der Waals surface area contributed by atoms with Crippen molar-refractivity contribution in [1.82, 2.24) is 4.90 Å². The summed E-state index contributed by atoms with van der Waals surface area (Å²) < 4.78 is 0. The fourth-order valence-electron chi connectivity index (χ4n) is 1.92. The Morgan fingerprint density at radius 3 is 2.31 bits per heavy atom. The van der Waals surface area contributed by atoms with Gasteiger partial charge in [0.05, 0.1) is 5.41 Å². The van der Waals surface area contributed by atoms with Crippen LogP contribution in [0.2, 0.25) is 0 Å². The number of hydrogen-bond acceptors (Lipinski definition) is 3. The molecule has 0 radical (unpaired) electrons. The first-order chi connectivity index (χ1) is 7.29. The van der Waals surface area contributed by atoms with Crippen LogP contribution < -0.4 is 5.73 Å². The zero-order valence-electron chi connectivity index (χ0n) is 10.6. The lowest BCUT2D eigenvalue weighted by Gasteiger charge is -2.26. The Bertz CT molecular complexity index is 299. The quantitative estimate of drug-likeness (QED) is 0.731. The largest absolute Gasteiger partial charge is 0.328 e. The molecule has 16 heavy (non-hydrogen) atoms. The van der Waals surface area contributed by atoms with Gasteiger partial charge in [0, 0.05) is 19.0 Å². The molecule has 2 unspecified atom stereocenters. The van der Waals surface area contributed by atoms with E-state index in [-0.39, 0.29) is 23.8 Å². The topological polar surface area (TPSA) is 63.4 Å². The molecule has 92 valence electrons. The Balaban J connectivity index is 2.75. The van der Waals surface area contributed by atoms with Gasteiger partial charge in [0.25, 0.3) is 0 Å². The first-order valence-electron chi connectivity index (χ1n) is 5.89. The number of carbonyl (C=O) groups is 2. The summed E-state index contributed by atoms with van der Waals surface area (Å²) in [6, 6.07) is 0.0199. The van der Waals surface area contributed by atoms with Gasteiger partial charge in [-0.25, -0.2) is 0 Å². The minimum Gasteiger partial charge on any atom is -0.328 e. The van der Waals surface area contributed by atoms with E-state index in [1.54, 1.807) is 0 Å². The summed E-state index contributed by atoms with van der Waals surface area (Å²) in [4.78, 5) is 25.3. The molecule has 1 heterocycles. The molecule has 1 aliphatic heterocycles. The molecule has 0 spiro atoms. The number of amides is 2. The molecule has 2 amide bonds. The number of rotatable bonds is 4. The molecule has 1 aliphatic rings. The molecule has 1 rings (SSSR count). The third-order valence-electron chi connectivity index (χ3n) is 3.64. The Hall–Kier alpha value is -0.900. The van der Waals surface area contributed by atoms with E-state index >= 15 is 0 Å². The van der Waals surface area contributed by atoms with Crippen molar-refractivity contribution in [1.29, 1.82) is 0 Å². The summed E-state index contributed by atoms with van der Waals surface area (Å²) in [7, 11) is 0. The van der Waals surface area contributed by atoms with Crippen molar-refractivity contribution in [2.45, 2.75) is 46.6 Å². The lowest BCUT2D eigenvalue weighted by atomic mass is 9.78. The van der Waals surface area contributed by atoms with E-state index < -0.39 is 5.41 Å². The lowest BCUT2D eigenvalue weighted by Crippen LogP contribution is -2.38. The fraction of sp³-hybridized carbons (Fsp3) is 0.833. The van der Waals surface area contributed by atoms with Crippen molar-refractivity contribution < 1.29 is 9.59 Å². The van der Waals surface area contributed by atoms with E-state index in [2.05, 4.69) is 0 Å². The van der Waals surface area contributed by atoms with Gasteiger partial charge in [-0.3, -0.25) is 14.5 Å². The number of nitrogens with two attached hydrogens (primary N) is 1. The molecule has 2 atom stereocenters. The zero-order valence-corrected chi connectivity index (χ0v) is 10.6. The van der Waals surface area contributed by atoms with Crippen molar-refractivity contribution in [2.75, 3.05) is 6.54 Å². The second kappa shape index (κ2) is 4.53. The molecule has 0 aromatic heterocycles. The molecule has 2 N–H and O–H groups in total. The van der Waals surface area contributed by atoms with Gasteiger partial charge >= 0.3 is 0 Å². The molecule has 0 aliphatic carbocycles. The summed E-state index contributed by atoms with van der Waals surface area (Å²) in [6.45, 7) is 8.19. The summed E-state index contributed by atoms with van der Waals surface area (Å²) in [6.07, 6.45) is 1.01. The smallest absolute Gasteiger partial charge is 0.235 e. The van der Waals surface area contributed by atoms with E-state index in [9.17, 15) is 9.59 Å². The average molecular weight is 226 g/mol. The van der Waals surface area contributed by atoms with E-state index in [1.165, 1.54) is 4.90 Å². The van der Waals surface area contributed by atoms with Gasteiger partial charge in [0.1, 0.15) is 0 Å². The molecular formula is C12H22N2O2. The normalized spacial score (nSPS) is 28.0. The van der Waals surface area contributed by atoms with Crippen molar-refractivity contribution in [2.24, 2.45) is 17.1 Å². The summed E-state index contributed by atoms with van der Waals surface area (Å²) in [5, 5.41) is 0. The Labute approximate surface area is 97.2 Å². The number of carbonyl (C=O) groups excluding carboxylic acids is 2. The van der Waals surface area contributed by atoms with Crippen molar-refractivity contribution in [3.63, 3.8) is 0 Å². The predicted molar refractivity (Wildman–Crippen MR) is 62.5 cm³/mol. The van der Waals surface area contributed by atoms with E-state index in [1.807, 2.05) is 27.7 Å². The third kappa shape index (κ3) is 2.26. The number of hydrogen-bond donors (Lipinski definition) is 1. The lowest BCUT2D eigenvalue weighted by molar-refractivity contribution is -0.142. The molecule has 0 aromatic rings. The monoisotopic (exact) mass is 226 g/mol. The predicted octanol–water partition coefficient (Wildman–Crippen LogP) is 1.14. The average Bonchev–Trinajstić information content (AvgIpc) is 2.37. The van der Waals surface area contributed by atoms with Gasteiger partial charge in [-0.2, -0.15) is 0 Å². The van der Waals surface area contributed by atoms with E-state index in [0.717, 1.165) is 0 Å². The van der Waals surface area contributed by atoms with Crippen LogP contribution in [0.5, 0.6) is 0 Å². The molecule has 4 heteroatoms. The first kappa shape index (κ1) is 13.2. The minimum atomic E-state index is -0.519. The van der Waals surface area contributed by atoms with Crippen molar-refractivity contribution in [3.05, 3.63) is 0 Å². The number of imide groups is 1. The highest BCUT2D eigenvalue weighted by Crippen LogP contribution is 2.39. The van der Waals surface area contributed by atoms with Crippen LogP contribution >= 0.6 is 0 Å². The molecule has 1 fully saturated rings. The van der Waals surface area contributed by atoms with Crippen LogP contribution in [0.4, 0.5) is 0 Å². The molecule has 4 nitrogen and oxygen atoms in total. The van der Waals surface area contributed by atoms with Crippen LogP contribution in [0, 0.1) is 11.3 Å². The maximum Gasteiger partial charge on any atom is 0.235 e. The Morgan fingerprint density at radius 2 is 1.94 bits per heavy atom. The van der Waals surface area contributed by atoms with Gasteiger partial charge in [0.2, 0.25) is 11.8 Å².